The maximum Gasteiger partial charge on any atom is 0.343 e. The molecule has 0 spiro atoms. The van der Waals surface area contributed by atoms with Crippen LogP contribution in [0, 0.1) is 0 Å². The second-order valence-corrected chi connectivity index (χ2v) is 6.35. The van der Waals surface area contributed by atoms with Crippen molar-refractivity contribution >= 4 is 16.7 Å². The molecule has 0 N–H and O–H groups in total. The van der Waals surface area contributed by atoms with Crippen LogP contribution in [0.3, 0.4) is 0 Å². The molecule has 3 aromatic rings. The Labute approximate surface area is 152 Å². The van der Waals surface area contributed by atoms with Gasteiger partial charge < -0.3 is 9.47 Å². The highest BCUT2D eigenvalue weighted by atomic mass is 16.6. The number of ether oxygens (including phenoxy) is 2. The molecule has 1 unspecified atom stereocenters. The van der Waals surface area contributed by atoms with E-state index in [1.807, 2.05) is 42.5 Å². The second-order valence-electron chi connectivity index (χ2n) is 6.35. The van der Waals surface area contributed by atoms with Gasteiger partial charge in [-0.15, -0.1) is 0 Å². The number of cyclic esters (lactones) is 1. The van der Waals surface area contributed by atoms with Gasteiger partial charge in [-0.05, 0) is 41.0 Å². The van der Waals surface area contributed by atoms with Gasteiger partial charge in [0.05, 0.1) is 0 Å². The summed E-state index contributed by atoms with van der Waals surface area (Å²) in [5.74, 6) is 0.257. The van der Waals surface area contributed by atoms with Crippen LogP contribution in [0.2, 0.25) is 0 Å². The number of hydrogen-bond donors (Lipinski definition) is 0. The van der Waals surface area contributed by atoms with Crippen LogP contribution in [0.4, 0.5) is 0 Å². The lowest BCUT2D eigenvalue weighted by atomic mass is 10.0. The van der Waals surface area contributed by atoms with Gasteiger partial charge >= 0.3 is 5.97 Å². The number of allylic oxidation sites excluding steroid dienone is 1. The molecule has 0 bridgehead atoms. The van der Waals surface area contributed by atoms with Crippen molar-refractivity contribution in [1.29, 1.82) is 0 Å². The Bertz CT molecular complexity index is 988. The van der Waals surface area contributed by atoms with E-state index in [2.05, 4.69) is 37.3 Å². The van der Waals surface area contributed by atoms with Crippen molar-refractivity contribution in [3.63, 3.8) is 0 Å². The predicted molar refractivity (Wildman–Crippen MR) is 102 cm³/mol. The molecule has 0 fully saturated rings. The minimum Gasteiger partial charge on any atom is -0.488 e. The average Bonchev–Trinajstić information content (AvgIpc) is 3.01. The minimum absolute atomic E-state index is 0.318. The lowest BCUT2D eigenvalue weighted by Crippen LogP contribution is -2.02. The Morgan fingerprint density at radius 1 is 1.04 bits per heavy atom. The number of rotatable bonds is 5. The van der Waals surface area contributed by atoms with Gasteiger partial charge in [0.1, 0.15) is 24.0 Å². The van der Waals surface area contributed by atoms with Crippen LogP contribution in [-0.4, -0.2) is 5.97 Å². The van der Waals surface area contributed by atoms with Gasteiger partial charge in [0.15, 0.2) is 0 Å². The zero-order valence-corrected chi connectivity index (χ0v) is 14.6. The van der Waals surface area contributed by atoms with Crippen LogP contribution >= 0.6 is 0 Å². The van der Waals surface area contributed by atoms with Crippen LogP contribution in [0.1, 0.15) is 40.9 Å². The lowest BCUT2D eigenvalue weighted by Gasteiger charge is -2.10. The number of benzene rings is 3. The smallest absolute Gasteiger partial charge is 0.343 e. The van der Waals surface area contributed by atoms with E-state index >= 15 is 0 Å². The van der Waals surface area contributed by atoms with E-state index < -0.39 is 0 Å². The molecule has 1 atom stereocenters. The van der Waals surface area contributed by atoms with Crippen LogP contribution < -0.4 is 4.74 Å². The van der Waals surface area contributed by atoms with E-state index in [9.17, 15) is 4.79 Å². The highest BCUT2D eigenvalue weighted by Gasteiger charge is 2.32. The SMILES string of the molecule is CC/C=C\C1OC(=O)c2c(OCc3ccc4ccccc4c3)cccc21. The number of carbonyl (C=O) groups is 1. The minimum atomic E-state index is -0.320. The normalized spacial score (nSPS) is 16.0. The van der Waals surface area contributed by atoms with Gasteiger partial charge in [0.2, 0.25) is 0 Å². The van der Waals surface area contributed by atoms with Crippen molar-refractivity contribution in [2.24, 2.45) is 0 Å². The van der Waals surface area contributed by atoms with Gasteiger partial charge in [0, 0.05) is 5.56 Å². The van der Waals surface area contributed by atoms with Crippen molar-refractivity contribution in [2.75, 3.05) is 0 Å². The fourth-order valence-electron chi connectivity index (χ4n) is 3.25. The van der Waals surface area contributed by atoms with Gasteiger partial charge in [-0.3, -0.25) is 0 Å². The molecule has 3 heteroatoms. The molecule has 0 amide bonds. The van der Waals surface area contributed by atoms with Crippen molar-refractivity contribution in [1.82, 2.24) is 0 Å². The Morgan fingerprint density at radius 3 is 2.73 bits per heavy atom. The van der Waals surface area contributed by atoms with Crippen molar-refractivity contribution in [2.45, 2.75) is 26.1 Å². The highest BCUT2D eigenvalue weighted by molar-refractivity contribution is 5.97. The number of fused-ring (bicyclic) bond motifs is 2. The zero-order valence-electron chi connectivity index (χ0n) is 14.6. The second kappa shape index (κ2) is 7.04. The summed E-state index contributed by atoms with van der Waals surface area (Å²) in [5.41, 5.74) is 2.48. The van der Waals surface area contributed by atoms with E-state index in [-0.39, 0.29) is 12.1 Å². The molecule has 1 heterocycles. The van der Waals surface area contributed by atoms with E-state index in [0.717, 1.165) is 17.5 Å². The Balaban J connectivity index is 1.58. The fourth-order valence-corrected chi connectivity index (χ4v) is 3.25. The van der Waals surface area contributed by atoms with Crippen LogP contribution in [0.25, 0.3) is 10.8 Å². The molecule has 1 aliphatic rings. The molecule has 0 radical (unpaired) electrons. The van der Waals surface area contributed by atoms with Crippen molar-refractivity contribution < 1.29 is 14.3 Å². The Morgan fingerprint density at radius 2 is 1.88 bits per heavy atom. The number of carbonyl (C=O) groups excluding carboxylic acids is 1. The summed E-state index contributed by atoms with van der Waals surface area (Å²) in [5, 5.41) is 2.38. The molecular formula is C23H20O3. The number of hydrogen-bond acceptors (Lipinski definition) is 3. The van der Waals surface area contributed by atoms with Gasteiger partial charge in [0.25, 0.3) is 0 Å². The first kappa shape index (κ1) is 16.4. The lowest BCUT2D eigenvalue weighted by molar-refractivity contribution is 0.0464. The molecule has 0 aromatic heterocycles. The maximum absolute atomic E-state index is 12.3. The quantitative estimate of drug-likeness (QED) is 0.447. The molecule has 1 aliphatic heterocycles. The predicted octanol–water partition coefficient (Wildman–Crippen LogP) is 5.60. The molecule has 0 saturated carbocycles. The Kier molecular flexibility index (Phi) is 4.44. The Hall–Kier alpha value is -3.07. The molecule has 26 heavy (non-hydrogen) atoms. The van der Waals surface area contributed by atoms with E-state index in [0.29, 0.717) is 17.9 Å². The first-order valence-electron chi connectivity index (χ1n) is 8.87. The highest BCUT2D eigenvalue weighted by Crippen LogP contribution is 2.37. The summed E-state index contributed by atoms with van der Waals surface area (Å²) in [4.78, 5) is 12.3. The van der Waals surface area contributed by atoms with Crippen molar-refractivity contribution in [3.05, 3.63) is 89.5 Å². The average molecular weight is 344 g/mol. The monoisotopic (exact) mass is 344 g/mol. The molecule has 4 rings (SSSR count). The van der Waals surface area contributed by atoms with Gasteiger partial charge in [-0.2, -0.15) is 0 Å². The summed E-state index contributed by atoms with van der Waals surface area (Å²) >= 11 is 0. The summed E-state index contributed by atoms with van der Waals surface area (Å²) in [6.07, 6.45) is 4.52. The molecule has 130 valence electrons. The maximum atomic E-state index is 12.3. The first-order valence-corrected chi connectivity index (χ1v) is 8.87. The van der Waals surface area contributed by atoms with E-state index in [4.69, 9.17) is 9.47 Å². The molecule has 3 aromatic carbocycles. The zero-order chi connectivity index (χ0) is 17.9. The molecule has 3 nitrogen and oxygen atoms in total. The first-order chi connectivity index (χ1) is 12.8. The van der Waals surface area contributed by atoms with Crippen LogP contribution in [0.15, 0.2) is 72.8 Å². The third-order valence-corrected chi connectivity index (χ3v) is 4.56. The summed E-state index contributed by atoms with van der Waals surface area (Å²) in [6.45, 7) is 2.46. The third kappa shape index (κ3) is 3.08. The summed E-state index contributed by atoms with van der Waals surface area (Å²) in [6, 6.07) is 20.1. The van der Waals surface area contributed by atoms with Crippen molar-refractivity contribution in [3.8, 4) is 5.75 Å². The largest absolute Gasteiger partial charge is 0.488 e. The van der Waals surface area contributed by atoms with E-state index in [1.54, 1.807) is 0 Å². The van der Waals surface area contributed by atoms with Crippen LogP contribution in [-0.2, 0) is 11.3 Å². The fraction of sp³-hybridized carbons (Fsp3) is 0.174. The summed E-state index contributed by atoms with van der Waals surface area (Å²) in [7, 11) is 0. The molecule has 0 saturated heterocycles. The number of esters is 1. The van der Waals surface area contributed by atoms with Gasteiger partial charge in [-0.1, -0.05) is 61.5 Å². The molecule has 0 aliphatic carbocycles. The standard InChI is InChI=1S/C23H20O3/c1-2-3-10-20-19-9-6-11-21(22(19)23(24)26-20)25-15-16-12-13-17-7-4-5-8-18(17)14-16/h3-14,20H,2,15H2,1H3/b10-3-. The third-order valence-electron chi connectivity index (χ3n) is 4.56. The van der Waals surface area contributed by atoms with Gasteiger partial charge in [-0.25, -0.2) is 4.79 Å². The molecular weight excluding hydrogens is 324 g/mol. The topological polar surface area (TPSA) is 35.5 Å². The van der Waals surface area contributed by atoms with E-state index in [1.165, 1.54) is 10.8 Å². The van der Waals surface area contributed by atoms with Crippen LogP contribution in [0.5, 0.6) is 5.75 Å². The summed E-state index contributed by atoms with van der Waals surface area (Å²) < 4.78 is 11.5.